The highest BCUT2D eigenvalue weighted by Gasteiger charge is 2.84. The van der Waals surface area contributed by atoms with E-state index in [0.29, 0.717) is 0 Å². The Morgan fingerprint density at radius 1 is 0.761 bits per heavy atom. The van der Waals surface area contributed by atoms with Gasteiger partial charge in [-0.1, -0.05) is 18.2 Å². The van der Waals surface area contributed by atoms with Crippen molar-refractivity contribution in [3.63, 3.8) is 0 Å². The number of hydrogen-bond acceptors (Lipinski definition) is 12. The molecule has 0 unspecified atom stereocenters. The highest BCUT2D eigenvalue weighted by molar-refractivity contribution is 5.89. The molecule has 244 valence electrons. The Bertz CT molecular complexity index is 1610. The van der Waals surface area contributed by atoms with E-state index in [1.807, 2.05) is 0 Å². The maximum atomic E-state index is 13.4. The van der Waals surface area contributed by atoms with Crippen molar-refractivity contribution in [1.82, 2.24) is 0 Å². The molecule has 12 nitrogen and oxygen atoms in total. The van der Waals surface area contributed by atoms with Gasteiger partial charge in [-0.2, -0.15) is 0 Å². The topological polar surface area (TPSA) is 161 Å². The Morgan fingerprint density at radius 2 is 1.37 bits per heavy atom. The van der Waals surface area contributed by atoms with Crippen LogP contribution in [0.4, 0.5) is 0 Å². The van der Waals surface area contributed by atoms with E-state index in [9.17, 15) is 24.3 Å². The average Bonchev–Trinajstić information content (AvgIpc) is 3.76. The van der Waals surface area contributed by atoms with Gasteiger partial charge in [0.05, 0.1) is 34.7 Å². The fourth-order valence-electron chi connectivity index (χ4n) is 7.91. The van der Waals surface area contributed by atoms with E-state index in [0.717, 1.165) is 0 Å². The lowest BCUT2D eigenvalue weighted by Crippen LogP contribution is -2.81. The molecule has 0 radical (unpaired) electrons. The van der Waals surface area contributed by atoms with Gasteiger partial charge in [-0.25, -0.2) is 14.4 Å². The molecule has 1 aromatic carbocycles. The number of carbonyl (C=O) groups excluding carboxylic acids is 4. The molecule has 46 heavy (non-hydrogen) atoms. The van der Waals surface area contributed by atoms with Crippen LogP contribution in [0.2, 0.25) is 0 Å². The van der Waals surface area contributed by atoms with Crippen LogP contribution in [0.3, 0.4) is 0 Å². The van der Waals surface area contributed by atoms with Crippen molar-refractivity contribution in [3.8, 4) is 0 Å². The van der Waals surface area contributed by atoms with E-state index in [4.69, 9.17) is 32.5 Å². The first kappa shape index (κ1) is 31.6. The average molecular weight is 637 g/mol. The summed E-state index contributed by atoms with van der Waals surface area (Å²) in [5, 5.41) is 12.6. The van der Waals surface area contributed by atoms with Gasteiger partial charge < -0.3 is 37.6 Å². The van der Waals surface area contributed by atoms with Crippen molar-refractivity contribution in [1.29, 1.82) is 0 Å². The number of rotatable bonds is 7. The van der Waals surface area contributed by atoms with Gasteiger partial charge in [-0.15, -0.1) is 0 Å². The summed E-state index contributed by atoms with van der Waals surface area (Å²) in [5.74, 6) is -3.81. The summed E-state index contributed by atoms with van der Waals surface area (Å²) in [6.45, 7) is 7.89. The molecule has 0 amide bonds. The molecule has 1 N–H and O–H groups in total. The van der Waals surface area contributed by atoms with Gasteiger partial charge in [-0.05, 0) is 70.5 Å². The molecular weight excluding hydrogens is 600 g/mol. The second-order valence-corrected chi connectivity index (χ2v) is 13.1. The number of esters is 4. The summed E-state index contributed by atoms with van der Waals surface area (Å²) < 4.78 is 41.7. The molecule has 6 rings (SSSR count). The SMILES string of the molecule is CC(=O)O[C@H]1[C@@H](OC(=O)c2ccccc2)C[C@@](C)(O)[C@]23OC(C)(C)[C@H](C[C@H](OC(=O)c4ccco4)[C@]12C)[C@H]3OC(=O)c1ccco1. The summed E-state index contributed by atoms with van der Waals surface area (Å²) in [6.07, 6.45) is -2.42. The summed E-state index contributed by atoms with van der Waals surface area (Å²) in [6, 6.07) is 14.2. The largest absolute Gasteiger partial charge is 0.458 e. The predicted molar refractivity (Wildman–Crippen MR) is 156 cm³/mol. The minimum absolute atomic E-state index is 0.0565. The van der Waals surface area contributed by atoms with Gasteiger partial charge in [0.15, 0.2) is 6.10 Å². The summed E-state index contributed by atoms with van der Waals surface area (Å²) in [5.41, 5.74) is -6.28. The smallest absolute Gasteiger partial charge is 0.374 e. The minimum Gasteiger partial charge on any atom is -0.458 e. The molecule has 8 atom stereocenters. The monoisotopic (exact) mass is 636 g/mol. The number of aliphatic hydroxyl groups is 1. The van der Waals surface area contributed by atoms with E-state index >= 15 is 0 Å². The van der Waals surface area contributed by atoms with Crippen LogP contribution in [0.25, 0.3) is 0 Å². The summed E-state index contributed by atoms with van der Waals surface area (Å²) in [7, 11) is 0. The van der Waals surface area contributed by atoms with E-state index in [-0.39, 0.29) is 29.9 Å². The number of ether oxygens (including phenoxy) is 5. The van der Waals surface area contributed by atoms with E-state index in [1.54, 1.807) is 51.1 Å². The Hall–Kier alpha value is -4.42. The molecule has 1 saturated heterocycles. The maximum Gasteiger partial charge on any atom is 0.374 e. The lowest BCUT2D eigenvalue weighted by Gasteiger charge is -2.65. The lowest BCUT2D eigenvalue weighted by molar-refractivity contribution is -0.342. The normalized spacial score (nSPS) is 34.2. The number of fused-ring (bicyclic) bond motifs is 1. The second-order valence-electron chi connectivity index (χ2n) is 13.1. The molecule has 12 heteroatoms. The van der Waals surface area contributed by atoms with Crippen LogP contribution >= 0.6 is 0 Å². The zero-order valence-electron chi connectivity index (χ0n) is 26.1. The van der Waals surface area contributed by atoms with Gasteiger partial charge in [0.2, 0.25) is 11.5 Å². The van der Waals surface area contributed by atoms with E-state index in [2.05, 4.69) is 0 Å². The van der Waals surface area contributed by atoms with Crippen LogP contribution in [0.1, 0.15) is 78.9 Å². The molecule has 2 bridgehead atoms. The van der Waals surface area contributed by atoms with Crippen LogP contribution in [0.15, 0.2) is 76.0 Å². The van der Waals surface area contributed by atoms with Crippen molar-refractivity contribution < 1.29 is 56.8 Å². The molecule has 1 spiro atoms. The number of furan rings is 2. The highest BCUT2D eigenvalue weighted by atomic mass is 16.6. The molecule has 3 fully saturated rings. The minimum atomic E-state index is -1.92. The quantitative estimate of drug-likeness (QED) is 0.286. The standard InChI is InChI=1S/C34H36O12/c1-19(35)42-27-24(43-28(36)20-11-7-6-8-12-20)18-32(4,39)34-26(45-30(38)23-14-10-16-41-23)21(31(2,3)46-34)17-25(33(27,34)5)44-29(37)22-13-9-15-40-22/h6-16,21,24-27,39H,17-18H2,1-5H3/t21-,24+,25+,26-,27+,32-,33-,34+/m1/s1. The van der Waals surface area contributed by atoms with Crippen LogP contribution in [-0.4, -0.2) is 70.2 Å². The van der Waals surface area contributed by atoms with Gasteiger partial charge in [0.25, 0.3) is 0 Å². The van der Waals surface area contributed by atoms with Crippen LogP contribution in [0, 0.1) is 11.3 Å². The molecule has 3 aliphatic rings. The molecular formula is C34H36O12. The fourth-order valence-corrected chi connectivity index (χ4v) is 7.91. The first-order valence-corrected chi connectivity index (χ1v) is 15.1. The van der Waals surface area contributed by atoms with E-state index < -0.39 is 76.4 Å². The summed E-state index contributed by atoms with van der Waals surface area (Å²) in [4.78, 5) is 53.0. The molecule has 2 aromatic heterocycles. The molecule has 3 aromatic rings. The van der Waals surface area contributed by atoms with Crippen molar-refractivity contribution in [2.45, 2.75) is 88.7 Å². The third-order valence-electron chi connectivity index (χ3n) is 9.84. The molecule has 2 aliphatic carbocycles. The van der Waals surface area contributed by atoms with Crippen molar-refractivity contribution in [2.75, 3.05) is 0 Å². The third kappa shape index (κ3) is 4.82. The molecule has 2 saturated carbocycles. The zero-order chi connectivity index (χ0) is 33.1. The van der Waals surface area contributed by atoms with E-state index in [1.165, 1.54) is 50.6 Å². The van der Waals surface area contributed by atoms with Crippen LogP contribution in [0.5, 0.6) is 0 Å². The fraction of sp³-hybridized carbons (Fsp3) is 0.471. The highest BCUT2D eigenvalue weighted by Crippen LogP contribution is 2.69. The van der Waals surface area contributed by atoms with Gasteiger partial charge in [-0.3, -0.25) is 4.79 Å². The first-order valence-electron chi connectivity index (χ1n) is 15.1. The molecule has 3 heterocycles. The first-order chi connectivity index (χ1) is 21.7. The zero-order valence-corrected chi connectivity index (χ0v) is 26.1. The maximum absolute atomic E-state index is 13.4. The third-order valence-corrected chi connectivity index (χ3v) is 9.84. The van der Waals surface area contributed by atoms with Crippen LogP contribution in [-0.2, 0) is 28.5 Å². The van der Waals surface area contributed by atoms with Crippen molar-refractivity contribution >= 4 is 23.9 Å². The number of hydrogen-bond donors (Lipinski definition) is 1. The Balaban J connectivity index is 1.51. The Kier molecular flexibility index (Phi) is 7.63. The molecule has 1 aliphatic heterocycles. The van der Waals surface area contributed by atoms with Gasteiger partial charge in [0.1, 0.15) is 23.9 Å². The van der Waals surface area contributed by atoms with Crippen LogP contribution < -0.4 is 0 Å². The van der Waals surface area contributed by atoms with Crippen molar-refractivity contribution in [2.24, 2.45) is 11.3 Å². The summed E-state index contributed by atoms with van der Waals surface area (Å²) >= 11 is 0. The Labute approximate surface area is 264 Å². The van der Waals surface area contributed by atoms with Gasteiger partial charge in [0, 0.05) is 19.3 Å². The van der Waals surface area contributed by atoms with Crippen molar-refractivity contribution in [3.05, 3.63) is 84.2 Å². The Morgan fingerprint density at radius 3 is 1.93 bits per heavy atom. The predicted octanol–water partition coefficient (Wildman–Crippen LogP) is 4.51. The number of benzene rings is 1. The van der Waals surface area contributed by atoms with Gasteiger partial charge >= 0.3 is 23.9 Å². The number of carbonyl (C=O) groups is 4. The lowest BCUT2D eigenvalue weighted by atomic mass is 9.47. The second kappa shape index (κ2) is 11.1.